The molecule has 2 aliphatic rings. The number of hydrogen-bond acceptors (Lipinski definition) is 6. The summed E-state index contributed by atoms with van der Waals surface area (Å²) < 4.78 is 0. The van der Waals surface area contributed by atoms with Gasteiger partial charge >= 0.3 is 0 Å². The number of imide groups is 1. The van der Waals surface area contributed by atoms with Gasteiger partial charge in [-0.1, -0.05) is 12.1 Å². The fraction of sp³-hybridized carbons (Fsp3) is 0.444. The van der Waals surface area contributed by atoms with Crippen LogP contribution < -0.4 is 5.56 Å². The molecule has 1 aromatic heterocycles. The van der Waals surface area contributed by atoms with E-state index in [-0.39, 0.29) is 29.8 Å². The Morgan fingerprint density at radius 2 is 1.85 bits per heavy atom. The Morgan fingerprint density at radius 3 is 2.54 bits per heavy atom. The number of nitrogens with one attached hydrogen (secondary N) is 1. The fourth-order valence-electron chi connectivity index (χ4n) is 3.68. The lowest BCUT2D eigenvalue weighted by molar-refractivity contribution is -0.138. The second kappa shape index (κ2) is 6.62. The number of H-pyrrole nitrogens is 1. The van der Waals surface area contributed by atoms with Crippen molar-refractivity contribution in [2.24, 2.45) is 0 Å². The van der Waals surface area contributed by atoms with Gasteiger partial charge in [-0.2, -0.15) is 0 Å². The third-order valence-electron chi connectivity index (χ3n) is 5.24. The molecule has 8 nitrogen and oxygen atoms in total. The van der Waals surface area contributed by atoms with Crippen LogP contribution >= 0.6 is 0 Å². The maximum absolute atomic E-state index is 12.2. The highest BCUT2D eigenvalue weighted by atomic mass is 16.2. The molecule has 0 bridgehead atoms. The highest BCUT2D eigenvalue weighted by Crippen LogP contribution is 2.19. The molecule has 2 aliphatic heterocycles. The monoisotopic (exact) mass is 355 g/mol. The van der Waals surface area contributed by atoms with Gasteiger partial charge in [0.15, 0.2) is 0 Å². The van der Waals surface area contributed by atoms with E-state index < -0.39 is 0 Å². The number of likely N-dealkylation sites (tertiary alicyclic amines) is 1. The molecule has 2 aromatic rings. The van der Waals surface area contributed by atoms with E-state index in [2.05, 4.69) is 19.8 Å². The Hall–Kier alpha value is -2.58. The fourth-order valence-corrected chi connectivity index (χ4v) is 3.68. The van der Waals surface area contributed by atoms with E-state index in [4.69, 9.17) is 0 Å². The van der Waals surface area contributed by atoms with Gasteiger partial charge in [0.1, 0.15) is 5.82 Å². The van der Waals surface area contributed by atoms with Crippen LogP contribution in [-0.4, -0.2) is 75.8 Å². The van der Waals surface area contributed by atoms with Crippen LogP contribution in [0.15, 0.2) is 29.1 Å². The van der Waals surface area contributed by atoms with Gasteiger partial charge in [0.25, 0.3) is 5.56 Å². The first-order valence-electron chi connectivity index (χ1n) is 8.77. The molecule has 0 spiro atoms. The number of aromatic nitrogens is 2. The molecule has 4 rings (SSSR count). The molecular formula is C18H21N5O3. The normalized spacial score (nSPS) is 22.5. The molecule has 2 amide bonds. The maximum atomic E-state index is 12.2. The van der Waals surface area contributed by atoms with Crippen LogP contribution in [0, 0.1) is 0 Å². The Labute approximate surface area is 150 Å². The van der Waals surface area contributed by atoms with Crippen LogP contribution in [0.3, 0.4) is 0 Å². The molecule has 2 fully saturated rings. The lowest BCUT2D eigenvalue weighted by Crippen LogP contribution is -2.52. The number of para-hydroxylation sites is 1. The molecule has 3 heterocycles. The second-order valence-corrected chi connectivity index (χ2v) is 6.85. The van der Waals surface area contributed by atoms with Crippen LogP contribution in [0.2, 0.25) is 0 Å². The number of fused-ring (bicyclic) bond motifs is 1. The average molecular weight is 355 g/mol. The second-order valence-electron chi connectivity index (χ2n) is 6.85. The predicted molar refractivity (Wildman–Crippen MR) is 95.4 cm³/mol. The number of nitrogens with zero attached hydrogens (tertiary/aromatic N) is 4. The van der Waals surface area contributed by atoms with E-state index in [1.54, 1.807) is 13.1 Å². The number of benzene rings is 1. The van der Waals surface area contributed by atoms with Crippen LogP contribution in [-0.2, 0) is 16.1 Å². The van der Waals surface area contributed by atoms with E-state index in [9.17, 15) is 14.4 Å². The van der Waals surface area contributed by atoms with E-state index >= 15 is 0 Å². The van der Waals surface area contributed by atoms with Crippen molar-refractivity contribution < 1.29 is 9.59 Å². The quantitative estimate of drug-likeness (QED) is 0.767. The number of carbonyl (C=O) groups is 2. The number of aromatic amines is 1. The van der Waals surface area contributed by atoms with Crippen LogP contribution in [0.25, 0.3) is 10.9 Å². The van der Waals surface area contributed by atoms with Crippen molar-refractivity contribution in [2.45, 2.75) is 19.0 Å². The zero-order valence-electron chi connectivity index (χ0n) is 14.6. The van der Waals surface area contributed by atoms with Crippen molar-refractivity contribution in [3.63, 3.8) is 0 Å². The molecule has 0 aliphatic carbocycles. The Morgan fingerprint density at radius 1 is 1.12 bits per heavy atom. The first-order valence-corrected chi connectivity index (χ1v) is 8.77. The molecule has 0 radical (unpaired) electrons. The zero-order chi connectivity index (χ0) is 18.3. The minimum Gasteiger partial charge on any atom is -0.309 e. The van der Waals surface area contributed by atoms with Crippen LogP contribution in [0.4, 0.5) is 0 Å². The van der Waals surface area contributed by atoms with Crippen molar-refractivity contribution in [3.05, 3.63) is 40.4 Å². The molecule has 136 valence electrons. The van der Waals surface area contributed by atoms with Crippen molar-refractivity contribution in [1.82, 2.24) is 24.7 Å². The topological polar surface area (TPSA) is 89.6 Å². The summed E-state index contributed by atoms with van der Waals surface area (Å²) in [7, 11) is 1.54. The largest absolute Gasteiger partial charge is 0.309 e. The summed E-state index contributed by atoms with van der Waals surface area (Å²) in [5.41, 5.74) is 0.574. The van der Waals surface area contributed by atoms with Crippen molar-refractivity contribution in [2.75, 3.05) is 33.2 Å². The first-order chi connectivity index (χ1) is 12.5. The highest BCUT2D eigenvalue weighted by Gasteiger charge is 2.40. The molecule has 2 saturated heterocycles. The highest BCUT2D eigenvalue weighted by molar-refractivity contribution is 6.05. The lowest BCUT2D eigenvalue weighted by Gasteiger charge is -2.36. The van der Waals surface area contributed by atoms with Gasteiger partial charge in [-0.05, 0) is 12.1 Å². The molecule has 1 aromatic carbocycles. The summed E-state index contributed by atoms with van der Waals surface area (Å²) in [6.07, 6.45) is 0.273. The molecule has 0 saturated carbocycles. The van der Waals surface area contributed by atoms with Crippen molar-refractivity contribution >= 4 is 22.7 Å². The Balaban J connectivity index is 1.41. The summed E-state index contributed by atoms with van der Waals surface area (Å²) in [6, 6.07) is 6.97. The number of piperazine rings is 1. The smallest absolute Gasteiger partial charge is 0.258 e. The summed E-state index contributed by atoms with van der Waals surface area (Å²) in [5.74, 6) is 0.429. The Kier molecular flexibility index (Phi) is 4.29. The molecule has 26 heavy (non-hydrogen) atoms. The molecule has 8 heteroatoms. The standard InChI is InChI=1S/C18H21N5O3/c1-21-16(24)10-14(18(21)26)23-8-6-22(7-9-23)11-15-19-13-5-3-2-4-12(13)17(25)20-15/h2-5,14H,6-11H2,1H3,(H,19,20,25). The number of amides is 2. The van der Waals surface area contributed by atoms with E-state index in [0.717, 1.165) is 26.2 Å². The van der Waals surface area contributed by atoms with Crippen LogP contribution in [0.5, 0.6) is 0 Å². The molecular weight excluding hydrogens is 334 g/mol. The maximum Gasteiger partial charge on any atom is 0.258 e. The molecule has 1 atom stereocenters. The van der Waals surface area contributed by atoms with E-state index in [1.807, 2.05) is 18.2 Å². The van der Waals surface area contributed by atoms with Crippen molar-refractivity contribution in [1.29, 1.82) is 0 Å². The summed E-state index contributed by atoms with van der Waals surface area (Å²) in [4.78, 5) is 48.9. The first kappa shape index (κ1) is 16.9. The number of carbonyl (C=O) groups excluding carboxylic acids is 2. The van der Waals surface area contributed by atoms with Gasteiger partial charge < -0.3 is 4.98 Å². The number of rotatable bonds is 3. The minimum absolute atomic E-state index is 0.107. The van der Waals surface area contributed by atoms with Gasteiger partial charge in [0.05, 0.1) is 29.9 Å². The lowest BCUT2D eigenvalue weighted by atomic mass is 10.1. The van der Waals surface area contributed by atoms with Gasteiger partial charge in [-0.25, -0.2) is 4.98 Å². The predicted octanol–water partition coefficient (Wildman–Crippen LogP) is -0.202. The van der Waals surface area contributed by atoms with E-state index in [0.29, 0.717) is 23.3 Å². The molecule has 1 unspecified atom stereocenters. The third-order valence-corrected chi connectivity index (χ3v) is 5.24. The van der Waals surface area contributed by atoms with E-state index in [1.165, 1.54) is 4.90 Å². The number of likely N-dealkylation sites (N-methyl/N-ethyl adjacent to an activating group) is 1. The van der Waals surface area contributed by atoms with Gasteiger partial charge in [0, 0.05) is 33.2 Å². The summed E-state index contributed by atoms with van der Waals surface area (Å²) in [5, 5.41) is 0.592. The SMILES string of the molecule is CN1C(=O)CC(N2CCN(Cc3nc4ccccc4c(=O)[nH]3)CC2)C1=O. The van der Waals surface area contributed by atoms with Crippen molar-refractivity contribution in [3.8, 4) is 0 Å². The number of hydrogen-bond donors (Lipinski definition) is 1. The third kappa shape index (κ3) is 3.02. The van der Waals surface area contributed by atoms with Gasteiger partial charge in [-0.15, -0.1) is 0 Å². The molecule has 1 N–H and O–H groups in total. The zero-order valence-corrected chi connectivity index (χ0v) is 14.6. The van der Waals surface area contributed by atoms with Crippen LogP contribution in [0.1, 0.15) is 12.2 Å². The minimum atomic E-state index is -0.326. The van der Waals surface area contributed by atoms with Gasteiger partial charge in [0.2, 0.25) is 11.8 Å². The Bertz CT molecular complexity index is 916. The summed E-state index contributed by atoms with van der Waals surface area (Å²) in [6.45, 7) is 3.52. The average Bonchev–Trinajstić information content (AvgIpc) is 2.90. The van der Waals surface area contributed by atoms with Gasteiger partial charge in [-0.3, -0.25) is 29.1 Å². The summed E-state index contributed by atoms with van der Waals surface area (Å²) >= 11 is 0.